The first kappa shape index (κ1) is 25.8. The normalized spacial score (nSPS) is 16.1. The second-order valence-electron chi connectivity index (χ2n) is 11.3. The minimum atomic E-state index is -1.91. The van der Waals surface area contributed by atoms with Crippen molar-refractivity contribution < 1.29 is 23.1 Å². The number of ether oxygens (including phenoxy) is 2. The third-order valence-electron chi connectivity index (χ3n) is 7.12. The molecule has 0 radical (unpaired) electrons. The minimum absolute atomic E-state index is 0.118. The van der Waals surface area contributed by atoms with Gasteiger partial charge in [0.1, 0.15) is 28.8 Å². The lowest BCUT2D eigenvalue weighted by atomic mass is 9.96. The Morgan fingerprint density at radius 1 is 1.00 bits per heavy atom. The van der Waals surface area contributed by atoms with Gasteiger partial charge in [0, 0.05) is 29.5 Å². The van der Waals surface area contributed by atoms with Gasteiger partial charge in [-0.2, -0.15) is 0 Å². The molecule has 2 aromatic carbocycles. The van der Waals surface area contributed by atoms with Crippen LogP contribution in [0.3, 0.4) is 0 Å². The third-order valence-corrected chi connectivity index (χ3v) is 11.5. The zero-order chi connectivity index (χ0) is 26.3. The molecule has 0 fully saturated rings. The fraction of sp³-hybridized carbons (Fsp3) is 0.379. The summed E-state index contributed by atoms with van der Waals surface area (Å²) in [5.41, 5.74) is 0.899. The third kappa shape index (κ3) is 5.41. The van der Waals surface area contributed by atoms with Crippen molar-refractivity contribution in [2.75, 3.05) is 0 Å². The van der Waals surface area contributed by atoms with E-state index in [1.54, 1.807) is 12.1 Å². The summed E-state index contributed by atoms with van der Waals surface area (Å²) in [6.45, 7) is 14.7. The number of hydrogen-bond donors (Lipinski definition) is 0. The lowest BCUT2D eigenvalue weighted by molar-refractivity contribution is -0.158. The predicted molar refractivity (Wildman–Crippen MR) is 144 cm³/mol. The molecule has 1 aliphatic rings. The molecule has 0 aliphatic carbocycles. The smallest absolute Gasteiger partial charge is 0.336 e. The Morgan fingerprint density at radius 3 is 2.33 bits per heavy atom. The van der Waals surface area contributed by atoms with Crippen molar-refractivity contribution in [2.45, 2.75) is 70.9 Å². The Bertz CT molecular complexity index is 1360. The highest BCUT2D eigenvalue weighted by atomic mass is 28.4. The number of esters is 1. The molecule has 0 spiro atoms. The zero-order valence-electron chi connectivity index (χ0n) is 22.0. The van der Waals surface area contributed by atoms with Crippen LogP contribution >= 0.6 is 0 Å². The lowest BCUT2D eigenvalue weighted by Gasteiger charge is -2.36. The summed E-state index contributed by atoms with van der Waals surface area (Å²) < 4.78 is 23.6. The van der Waals surface area contributed by atoms with Crippen molar-refractivity contribution in [3.63, 3.8) is 0 Å². The lowest BCUT2D eigenvalue weighted by Crippen LogP contribution is -2.43. The Hall–Kier alpha value is -3.32. The number of hydrogen-bond acceptors (Lipinski definition) is 6. The molecule has 6 nitrogen and oxygen atoms in total. The van der Waals surface area contributed by atoms with E-state index in [4.69, 9.17) is 18.3 Å². The van der Waals surface area contributed by atoms with Crippen LogP contribution in [-0.2, 0) is 16.0 Å². The molecule has 4 rings (SSSR count). The Balaban J connectivity index is 1.39. The first-order valence-electron chi connectivity index (χ1n) is 12.2. The molecule has 1 aliphatic heterocycles. The maximum atomic E-state index is 12.6. The van der Waals surface area contributed by atoms with Gasteiger partial charge in [-0.25, -0.2) is 9.59 Å². The van der Waals surface area contributed by atoms with E-state index >= 15 is 0 Å². The van der Waals surface area contributed by atoms with Crippen molar-refractivity contribution in [3.8, 4) is 11.5 Å². The standard InChI is InChI=1S/C29H34O6Si/c1-28(2,3)36(6,7)35-21-13-8-19(9-14-21)10-16-26(31)34-29(4,5)24-18-22-23(32-24)15-11-20-12-17-25(30)33-27(20)22/h8-17,24H,18H2,1-7H3/b16-10+/t24-/m0/s1. The molecule has 190 valence electrons. The summed E-state index contributed by atoms with van der Waals surface area (Å²) in [7, 11) is -1.91. The van der Waals surface area contributed by atoms with Crippen LogP contribution in [0.5, 0.6) is 11.5 Å². The maximum absolute atomic E-state index is 12.6. The van der Waals surface area contributed by atoms with E-state index in [9.17, 15) is 9.59 Å². The van der Waals surface area contributed by atoms with Crippen LogP contribution in [0.2, 0.25) is 18.1 Å². The minimum Gasteiger partial charge on any atom is -0.544 e. The van der Waals surface area contributed by atoms with Gasteiger partial charge < -0.3 is 18.3 Å². The highest BCUT2D eigenvalue weighted by Crippen LogP contribution is 2.39. The summed E-state index contributed by atoms with van der Waals surface area (Å²) in [6, 6.07) is 14.5. The molecular weight excluding hydrogens is 472 g/mol. The Kier molecular flexibility index (Phi) is 6.64. The van der Waals surface area contributed by atoms with Crippen molar-refractivity contribution in [2.24, 2.45) is 0 Å². The van der Waals surface area contributed by atoms with Gasteiger partial charge >= 0.3 is 11.6 Å². The van der Waals surface area contributed by atoms with E-state index in [1.165, 1.54) is 12.1 Å². The highest BCUT2D eigenvalue weighted by Gasteiger charge is 2.41. The zero-order valence-corrected chi connectivity index (χ0v) is 23.0. The van der Waals surface area contributed by atoms with Crippen LogP contribution in [-0.4, -0.2) is 26.0 Å². The summed E-state index contributed by atoms with van der Waals surface area (Å²) >= 11 is 0. The Labute approximate surface area is 213 Å². The van der Waals surface area contributed by atoms with E-state index in [0.717, 1.165) is 22.3 Å². The molecule has 1 atom stereocenters. The predicted octanol–water partition coefficient (Wildman–Crippen LogP) is 6.52. The van der Waals surface area contributed by atoms with Crippen molar-refractivity contribution in [3.05, 3.63) is 76.2 Å². The first-order chi connectivity index (χ1) is 16.7. The van der Waals surface area contributed by atoms with E-state index in [2.05, 4.69) is 33.9 Å². The highest BCUT2D eigenvalue weighted by molar-refractivity contribution is 6.74. The number of benzene rings is 2. The van der Waals surface area contributed by atoms with E-state index in [1.807, 2.05) is 50.2 Å². The molecule has 0 unspecified atom stereocenters. The van der Waals surface area contributed by atoms with Gasteiger partial charge in [-0.1, -0.05) is 32.9 Å². The second kappa shape index (κ2) is 9.28. The van der Waals surface area contributed by atoms with Gasteiger partial charge in [0.05, 0.1) is 0 Å². The van der Waals surface area contributed by atoms with Gasteiger partial charge in [0.2, 0.25) is 8.32 Å². The second-order valence-corrected chi connectivity index (χ2v) is 16.0. The van der Waals surface area contributed by atoms with Crippen molar-refractivity contribution in [1.82, 2.24) is 0 Å². The van der Waals surface area contributed by atoms with Gasteiger partial charge in [-0.3, -0.25) is 0 Å². The molecule has 7 heteroatoms. The Morgan fingerprint density at radius 2 is 1.67 bits per heavy atom. The topological polar surface area (TPSA) is 75.0 Å². The average Bonchev–Trinajstić information content (AvgIpc) is 3.23. The van der Waals surface area contributed by atoms with Crippen LogP contribution in [0.15, 0.2) is 63.8 Å². The number of fused-ring (bicyclic) bond motifs is 3. The van der Waals surface area contributed by atoms with Gasteiger partial charge in [-0.05, 0) is 74.0 Å². The van der Waals surface area contributed by atoms with Crippen LogP contribution in [0.4, 0.5) is 0 Å². The number of rotatable bonds is 6. The fourth-order valence-corrected chi connectivity index (χ4v) is 4.89. The molecule has 0 amide bonds. The number of carbonyl (C=O) groups is 1. The molecule has 0 saturated carbocycles. The number of carbonyl (C=O) groups excluding carboxylic acids is 1. The van der Waals surface area contributed by atoms with Crippen molar-refractivity contribution in [1.29, 1.82) is 0 Å². The van der Waals surface area contributed by atoms with Gasteiger partial charge in [0.25, 0.3) is 0 Å². The molecule has 0 bridgehead atoms. The van der Waals surface area contributed by atoms with Crippen LogP contribution in [0, 0.1) is 0 Å². The summed E-state index contributed by atoms with van der Waals surface area (Å²) in [5.74, 6) is 1.02. The van der Waals surface area contributed by atoms with Crippen LogP contribution in [0.1, 0.15) is 45.7 Å². The summed E-state index contributed by atoms with van der Waals surface area (Å²) in [5, 5.41) is 0.948. The first-order valence-corrected chi connectivity index (χ1v) is 15.1. The quantitative estimate of drug-likeness (QED) is 0.164. The monoisotopic (exact) mass is 506 g/mol. The molecule has 0 saturated heterocycles. The summed E-state index contributed by atoms with van der Waals surface area (Å²) in [4.78, 5) is 24.4. The van der Waals surface area contributed by atoms with Gasteiger partial charge in [-0.15, -0.1) is 0 Å². The van der Waals surface area contributed by atoms with Crippen molar-refractivity contribution >= 4 is 31.3 Å². The van der Waals surface area contributed by atoms with E-state index < -0.39 is 31.6 Å². The average molecular weight is 507 g/mol. The van der Waals surface area contributed by atoms with Gasteiger partial charge in [0.15, 0.2) is 0 Å². The SMILES string of the molecule is CC(C)(OC(=O)/C=C/c1ccc(O[Si](C)(C)C(C)(C)C)cc1)[C@@H]1Cc2c(ccc3ccc(=O)oc23)O1. The molecule has 3 aromatic rings. The molecular formula is C29H34O6Si. The van der Waals surface area contributed by atoms with E-state index in [-0.39, 0.29) is 5.04 Å². The largest absolute Gasteiger partial charge is 0.544 e. The van der Waals surface area contributed by atoms with E-state index in [0.29, 0.717) is 17.8 Å². The fourth-order valence-electron chi connectivity index (χ4n) is 3.86. The van der Waals surface area contributed by atoms with Crippen LogP contribution in [0.25, 0.3) is 17.0 Å². The molecule has 36 heavy (non-hydrogen) atoms. The summed E-state index contributed by atoms with van der Waals surface area (Å²) in [6.07, 6.45) is 3.20. The van der Waals surface area contributed by atoms with Crippen LogP contribution < -0.4 is 14.8 Å². The molecule has 0 N–H and O–H groups in total. The molecule has 2 heterocycles. The maximum Gasteiger partial charge on any atom is 0.336 e. The molecule has 1 aromatic heterocycles.